The van der Waals surface area contributed by atoms with Crippen LogP contribution in [-0.2, 0) is 13.5 Å². The van der Waals surface area contributed by atoms with Gasteiger partial charge in [-0.1, -0.05) is 27.2 Å². The van der Waals surface area contributed by atoms with Crippen molar-refractivity contribution in [1.29, 1.82) is 0 Å². The third-order valence-electron chi connectivity index (χ3n) is 2.89. The molecule has 14 heavy (non-hydrogen) atoms. The van der Waals surface area contributed by atoms with Gasteiger partial charge in [0.05, 0.1) is 5.69 Å². The molecule has 1 aromatic rings. The molecule has 0 aromatic carbocycles. The zero-order chi connectivity index (χ0) is 10.7. The standard InChI is InChI=1S/C11H21N3/c1-5-8(3)11(12)9-7-14(4)13-10(9)6-2/h7-8,11H,5-6,12H2,1-4H3. The summed E-state index contributed by atoms with van der Waals surface area (Å²) in [6.45, 7) is 6.48. The Morgan fingerprint density at radius 3 is 2.64 bits per heavy atom. The van der Waals surface area contributed by atoms with Crippen molar-refractivity contribution in [2.24, 2.45) is 18.7 Å². The Balaban J connectivity index is 2.93. The normalized spacial score (nSPS) is 15.5. The highest BCUT2D eigenvalue weighted by atomic mass is 15.3. The van der Waals surface area contributed by atoms with Gasteiger partial charge in [0, 0.05) is 24.8 Å². The Kier molecular flexibility index (Phi) is 3.69. The van der Waals surface area contributed by atoms with Crippen LogP contribution in [-0.4, -0.2) is 9.78 Å². The zero-order valence-electron chi connectivity index (χ0n) is 9.62. The topological polar surface area (TPSA) is 43.8 Å². The van der Waals surface area contributed by atoms with Gasteiger partial charge in [0.2, 0.25) is 0 Å². The van der Waals surface area contributed by atoms with E-state index in [1.165, 1.54) is 5.56 Å². The Bertz CT molecular complexity index is 291. The first-order valence-corrected chi connectivity index (χ1v) is 5.38. The van der Waals surface area contributed by atoms with E-state index in [0.717, 1.165) is 18.5 Å². The fourth-order valence-corrected chi connectivity index (χ4v) is 1.67. The van der Waals surface area contributed by atoms with Crippen molar-refractivity contribution in [2.45, 2.75) is 39.7 Å². The summed E-state index contributed by atoms with van der Waals surface area (Å²) < 4.78 is 1.86. The lowest BCUT2D eigenvalue weighted by Crippen LogP contribution is -2.19. The van der Waals surface area contributed by atoms with E-state index >= 15 is 0 Å². The van der Waals surface area contributed by atoms with E-state index in [0.29, 0.717) is 5.92 Å². The summed E-state index contributed by atoms with van der Waals surface area (Å²) in [5, 5.41) is 4.40. The smallest absolute Gasteiger partial charge is 0.0669 e. The quantitative estimate of drug-likeness (QED) is 0.799. The summed E-state index contributed by atoms with van der Waals surface area (Å²) in [5.74, 6) is 0.518. The number of aromatic nitrogens is 2. The third kappa shape index (κ3) is 2.15. The van der Waals surface area contributed by atoms with E-state index in [4.69, 9.17) is 5.73 Å². The second-order valence-electron chi connectivity index (χ2n) is 3.97. The van der Waals surface area contributed by atoms with Crippen LogP contribution in [0.15, 0.2) is 6.20 Å². The van der Waals surface area contributed by atoms with Crippen LogP contribution in [0.1, 0.15) is 44.5 Å². The molecule has 0 aliphatic carbocycles. The number of nitrogens with two attached hydrogens (primary N) is 1. The van der Waals surface area contributed by atoms with Crippen molar-refractivity contribution in [3.05, 3.63) is 17.5 Å². The van der Waals surface area contributed by atoms with Gasteiger partial charge in [-0.15, -0.1) is 0 Å². The van der Waals surface area contributed by atoms with E-state index in [-0.39, 0.29) is 6.04 Å². The molecule has 0 saturated heterocycles. The van der Waals surface area contributed by atoms with Gasteiger partial charge in [-0.3, -0.25) is 4.68 Å². The largest absolute Gasteiger partial charge is 0.324 e. The minimum absolute atomic E-state index is 0.128. The summed E-state index contributed by atoms with van der Waals surface area (Å²) in [7, 11) is 1.95. The van der Waals surface area contributed by atoms with E-state index in [1.807, 2.05) is 11.7 Å². The molecule has 0 saturated carbocycles. The number of aryl methyl sites for hydroxylation is 2. The molecular formula is C11H21N3. The molecular weight excluding hydrogens is 174 g/mol. The van der Waals surface area contributed by atoms with Gasteiger partial charge in [0.25, 0.3) is 0 Å². The Labute approximate surface area is 86.3 Å². The van der Waals surface area contributed by atoms with Crippen LogP contribution < -0.4 is 5.73 Å². The van der Waals surface area contributed by atoms with Gasteiger partial charge in [0.1, 0.15) is 0 Å². The van der Waals surface area contributed by atoms with Crippen molar-refractivity contribution in [3.8, 4) is 0 Å². The summed E-state index contributed by atoms with van der Waals surface area (Å²) in [5.41, 5.74) is 8.54. The lowest BCUT2D eigenvalue weighted by atomic mass is 9.93. The summed E-state index contributed by atoms with van der Waals surface area (Å²) in [4.78, 5) is 0. The highest BCUT2D eigenvalue weighted by Crippen LogP contribution is 2.24. The van der Waals surface area contributed by atoms with Crippen molar-refractivity contribution in [2.75, 3.05) is 0 Å². The van der Waals surface area contributed by atoms with Gasteiger partial charge >= 0.3 is 0 Å². The van der Waals surface area contributed by atoms with Crippen molar-refractivity contribution in [3.63, 3.8) is 0 Å². The molecule has 0 aliphatic heterocycles. The Morgan fingerprint density at radius 2 is 2.14 bits per heavy atom. The van der Waals surface area contributed by atoms with Crippen molar-refractivity contribution in [1.82, 2.24) is 9.78 Å². The highest BCUT2D eigenvalue weighted by molar-refractivity contribution is 5.21. The SMILES string of the molecule is CCc1nn(C)cc1C(N)C(C)CC. The molecule has 2 unspecified atom stereocenters. The van der Waals surface area contributed by atoms with Gasteiger partial charge in [-0.2, -0.15) is 5.10 Å². The molecule has 0 spiro atoms. The van der Waals surface area contributed by atoms with Gasteiger partial charge in [-0.25, -0.2) is 0 Å². The Hall–Kier alpha value is -0.830. The monoisotopic (exact) mass is 195 g/mol. The van der Waals surface area contributed by atoms with Crippen molar-refractivity contribution >= 4 is 0 Å². The average Bonchev–Trinajstić information content (AvgIpc) is 2.57. The lowest BCUT2D eigenvalue weighted by molar-refractivity contribution is 0.454. The summed E-state index contributed by atoms with van der Waals surface area (Å²) in [6, 6.07) is 0.128. The molecule has 80 valence electrons. The molecule has 0 fully saturated rings. The number of rotatable bonds is 4. The first-order valence-electron chi connectivity index (χ1n) is 5.38. The maximum Gasteiger partial charge on any atom is 0.0669 e. The predicted molar refractivity (Wildman–Crippen MR) is 59.0 cm³/mol. The van der Waals surface area contributed by atoms with Crippen LogP contribution in [0, 0.1) is 5.92 Å². The highest BCUT2D eigenvalue weighted by Gasteiger charge is 2.18. The van der Waals surface area contributed by atoms with Gasteiger partial charge in [-0.05, 0) is 12.3 Å². The zero-order valence-corrected chi connectivity index (χ0v) is 9.62. The maximum atomic E-state index is 6.19. The molecule has 1 rings (SSSR count). The third-order valence-corrected chi connectivity index (χ3v) is 2.89. The molecule has 0 aliphatic rings. The van der Waals surface area contributed by atoms with Crippen LogP contribution in [0.3, 0.4) is 0 Å². The van der Waals surface area contributed by atoms with Crippen molar-refractivity contribution < 1.29 is 0 Å². The molecule has 3 nitrogen and oxygen atoms in total. The second kappa shape index (κ2) is 4.60. The molecule has 0 radical (unpaired) electrons. The molecule has 0 amide bonds. The van der Waals surface area contributed by atoms with E-state index in [9.17, 15) is 0 Å². The first-order chi connectivity index (χ1) is 6.60. The second-order valence-corrected chi connectivity index (χ2v) is 3.97. The maximum absolute atomic E-state index is 6.19. The summed E-state index contributed by atoms with van der Waals surface area (Å²) >= 11 is 0. The minimum Gasteiger partial charge on any atom is -0.324 e. The van der Waals surface area contributed by atoms with E-state index in [2.05, 4.69) is 32.1 Å². The van der Waals surface area contributed by atoms with Crippen LogP contribution in [0.2, 0.25) is 0 Å². The molecule has 1 aromatic heterocycles. The fraction of sp³-hybridized carbons (Fsp3) is 0.727. The van der Waals surface area contributed by atoms with Crippen LogP contribution >= 0.6 is 0 Å². The van der Waals surface area contributed by atoms with Crippen LogP contribution in [0.5, 0.6) is 0 Å². The lowest BCUT2D eigenvalue weighted by Gasteiger charge is -2.17. The number of hydrogen-bond donors (Lipinski definition) is 1. The minimum atomic E-state index is 0.128. The average molecular weight is 195 g/mol. The molecule has 3 heteroatoms. The first kappa shape index (κ1) is 11.2. The van der Waals surface area contributed by atoms with Gasteiger partial charge < -0.3 is 5.73 Å². The van der Waals surface area contributed by atoms with Gasteiger partial charge in [0.15, 0.2) is 0 Å². The van der Waals surface area contributed by atoms with E-state index in [1.54, 1.807) is 0 Å². The molecule has 2 N–H and O–H groups in total. The van der Waals surface area contributed by atoms with Crippen LogP contribution in [0.25, 0.3) is 0 Å². The summed E-state index contributed by atoms with van der Waals surface area (Å²) in [6.07, 6.45) is 4.12. The fourth-order valence-electron chi connectivity index (χ4n) is 1.67. The molecule has 0 bridgehead atoms. The molecule has 1 heterocycles. The van der Waals surface area contributed by atoms with E-state index < -0.39 is 0 Å². The van der Waals surface area contributed by atoms with Crippen LogP contribution in [0.4, 0.5) is 0 Å². The number of nitrogens with zero attached hydrogens (tertiary/aromatic N) is 2. The number of hydrogen-bond acceptors (Lipinski definition) is 2. The Morgan fingerprint density at radius 1 is 1.50 bits per heavy atom. The predicted octanol–water partition coefficient (Wildman–Crippen LogP) is 2.03. The molecule has 2 atom stereocenters.